The molecule has 2 atom stereocenters. The van der Waals surface area contributed by atoms with E-state index < -0.39 is 11.7 Å². The molecule has 0 aromatic heterocycles. The first-order valence-electron chi connectivity index (χ1n) is 4.73. The van der Waals surface area contributed by atoms with E-state index in [1.54, 1.807) is 12.1 Å². The number of hydrogen-bond acceptors (Lipinski definition) is 2. The third-order valence-corrected chi connectivity index (χ3v) is 2.51. The molecule has 0 fully saturated rings. The molecule has 0 saturated carbocycles. The molecule has 2 N–H and O–H groups in total. The highest BCUT2D eigenvalue weighted by atomic mass is 16.3. The Morgan fingerprint density at radius 3 is 2.43 bits per heavy atom. The number of rotatable bonds is 4. The highest BCUT2D eigenvalue weighted by molar-refractivity contribution is 5.22. The van der Waals surface area contributed by atoms with Crippen molar-refractivity contribution in [1.29, 1.82) is 0 Å². The molecule has 1 aromatic rings. The van der Waals surface area contributed by atoms with Gasteiger partial charge in [0.15, 0.2) is 0 Å². The Morgan fingerprint density at radius 2 is 2.00 bits per heavy atom. The van der Waals surface area contributed by atoms with E-state index in [-0.39, 0.29) is 0 Å². The Morgan fingerprint density at radius 1 is 1.43 bits per heavy atom. The highest BCUT2D eigenvalue weighted by Crippen LogP contribution is 2.29. The molecule has 76 valence electrons. The molecule has 0 heterocycles. The highest BCUT2D eigenvalue weighted by Gasteiger charge is 2.31. The molecule has 0 unspecified atom stereocenters. The summed E-state index contributed by atoms with van der Waals surface area (Å²) in [6.07, 6.45) is 0.920. The average molecular weight is 192 g/mol. The zero-order chi connectivity index (χ0) is 10.6. The number of aliphatic hydroxyl groups excluding tert-OH is 1. The van der Waals surface area contributed by atoms with Crippen molar-refractivity contribution >= 4 is 0 Å². The normalized spacial score (nSPS) is 17.1. The maximum absolute atomic E-state index is 9.98. The van der Waals surface area contributed by atoms with Gasteiger partial charge < -0.3 is 10.2 Å². The van der Waals surface area contributed by atoms with Crippen molar-refractivity contribution in [2.24, 2.45) is 0 Å². The van der Waals surface area contributed by atoms with Gasteiger partial charge in [0.2, 0.25) is 0 Å². The maximum Gasteiger partial charge on any atom is 0.112 e. The quantitative estimate of drug-likeness (QED) is 0.717. The SMILES string of the molecule is C=C[C@@](O)(CC)[C@H](O)c1ccccc1. The van der Waals surface area contributed by atoms with E-state index in [4.69, 9.17) is 0 Å². The zero-order valence-electron chi connectivity index (χ0n) is 8.35. The molecule has 2 heteroatoms. The Kier molecular flexibility index (Phi) is 3.44. The minimum absolute atomic E-state index is 0.437. The van der Waals surface area contributed by atoms with E-state index in [1.165, 1.54) is 6.08 Å². The lowest BCUT2D eigenvalue weighted by Crippen LogP contribution is -2.33. The van der Waals surface area contributed by atoms with Gasteiger partial charge in [-0.1, -0.05) is 43.3 Å². The summed E-state index contributed by atoms with van der Waals surface area (Å²) in [5, 5.41) is 19.9. The summed E-state index contributed by atoms with van der Waals surface area (Å²) in [6, 6.07) is 9.11. The third-order valence-electron chi connectivity index (χ3n) is 2.51. The monoisotopic (exact) mass is 192 g/mol. The Hall–Kier alpha value is -1.12. The first kappa shape index (κ1) is 11.0. The second-order valence-corrected chi connectivity index (χ2v) is 3.36. The van der Waals surface area contributed by atoms with Crippen LogP contribution in [0.15, 0.2) is 43.0 Å². The Bertz CT molecular complexity index is 294. The first-order valence-corrected chi connectivity index (χ1v) is 4.73. The van der Waals surface area contributed by atoms with Crippen molar-refractivity contribution < 1.29 is 10.2 Å². The summed E-state index contributed by atoms with van der Waals surface area (Å²) >= 11 is 0. The summed E-state index contributed by atoms with van der Waals surface area (Å²) in [4.78, 5) is 0. The van der Waals surface area contributed by atoms with E-state index in [0.29, 0.717) is 12.0 Å². The molecule has 0 radical (unpaired) electrons. The molecule has 14 heavy (non-hydrogen) atoms. The molecule has 0 aliphatic heterocycles. The number of hydrogen-bond donors (Lipinski definition) is 2. The van der Waals surface area contributed by atoms with E-state index in [9.17, 15) is 10.2 Å². The van der Waals surface area contributed by atoms with Crippen LogP contribution < -0.4 is 0 Å². The summed E-state index contributed by atoms with van der Waals surface area (Å²) < 4.78 is 0. The summed E-state index contributed by atoms with van der Waals surface area (Å²) in [5.74, 6) is 0. The van der Waals surface area contributed by atoms with Crippen molar-refractivity contribution in [2.75, 3.05) is 0 Å². The standard InChI is InChI=1S/C12H16O2/c1-3-12(14,4-2)11(13)10-8-6-5-7-9-10/h3,5-9,11,13-14H,1,4H2,2H3/t11-,12-/m1/s1. The first-order chi connectivity index (χ1) is 6.64. The molecule has 1 aromatic carbocycles. The van der Waals surface area contributed by atoms with Gasteiger partial charge >= 0.3 is 0 Å². The van der Waals surface area contributed by atoms with Gasteiger partial charge in [-0.2, -0.15) is 0 Å². The molecule has 0 aliphatic carbocycles. The predicted octanol–water partition coefficient (Wildman–Crippen LogP) is 2.05. The van der Waals surface area contributed by atoms with Gasteiger partial charge in [0.1, 0.15) is 11.7 Å². The molecule has 0 spiro atoms. The molecular formula is C12H16O2. The van der Waals surface area contributed by atoms with E-state index >= 15 is 0 Å². The molecular weight excluding hydrogens is 176 g/mol. The summed E-state index contributed by atoms with van der Waals surface area (Å²) in [6.45, 7) is 5.35. The van der Waals surface area contributed by atoms with Crippen LogP contribution in [0.3, 0.4) is 0 Å². The molecule has 1 rings (SSSR count). The lowest BCUT2D eigenvalue weighted by molar-refractivity contribution is -0.0433. The van der Waals surface area contributed by atoms with Crippen molar-refractivity contribution in [2.45, 2.75) is 25.0 Å². The van der Waals surface area contributed by atoms with Crippen LogP contribution in [0, 0.1) is 0 Å². The second-order valence-electron chi connectivity index (χ2n) is 3.36. The van der Waals surface area contributed by atoms with Gasteiger partial charge in [-0.15, -0.1) is 6.58 Å². The van der Waals surface area contributed by atoms with E-state index in [1.807, 2.05) is 25.1 Å². The van der Waals surface area contributed by atoms with Crippen LogP contribution in [0.4, 0.5) is 0 Å². The van der Waals surface area contributed by atoms with Gasteiger partial charge in [-0.25, -0.2) is 0 Å². The van der Waals surface area contributed by atoms with Crippen molar-refractivity contribution in [3.63, 3.8) is 0 Å². The van der Waals surface area contributed by atoms with Crippen molar-refractivity contribution in [1.82, 2.24) is 0 Å². The molecule has 0 saturated heterocycles. The van der Waals surface area contributed by atoms with Gasteiger partial charge in [0.25, 0.3) is 0 Å². The van der Waals surface area contributed by atoms with Gasteiger partial charge in [0.05, 0.1) is 0 Å². The van der Waals surface area contributed by atoms with Crippen molar-refractivity contribution in [3.8, 4) is 0 Å². The smallest absolute Gasteiger partial charge is 0.112 e. The molecule has 2 nitrogen and oxygen atoms in total. The van der Waals surface area contributed by atoms with Crippen LogP contribution in [0.25, 0.3) is 0 Å². The fourth-order valence-corrected chi connectivity index (χ4v) is 1.37. The minimum atomic E-state index is -1.23. The lowest BCUT2D eigenvalue weighted by Gasteiger charge is -2.28. The second kappa shape index (κ2) is 4.40. The molecule has 0 aliphatic rings. The zero-order valence-corrected chi connectivity index (χ0v) is 8.35. The average Bonchev–Trinajstić information content (AvgIpc) is 2.28. The Labute approximate surface area is 84.5 Å². The van der Waals surface area contributed by atoms with Crippen LogP contribution in [0.5, 0.6) is 0 Å². The van der Waals surface area contributed by atoms with Gasteiger partial charge in [-0.05, 0) is 12.0 Å². The lowest BCUT2D eigenvalue weighted by atomic mass is 9.89. The largest absolute Gasteiger partial charge is 0.385 e. The molecule has 0 bridgehead atoms. The fraction of sp³-hybridized carbons (Fsp3) is 0.333. The van der Waals surface area contributed by atoms with E-state index in [0.717, 1.165) is 0 Å². The minimum Gasteiger partial charge on any atom is -0.385 e. The Balaban J connectivity index is 2.94. The van der Waals surface area contributed by atoms with Crippen LogP contribution in [0.1, 0.15) is 25.0 Å². The topological polar surface area (TPSA) is 40.5 Å². The van der Waals surface area contributed by atoms with Gasteiger partial charge in [-0.3, -0.25) is 0 Å². The maximum atomic E-state index is 9.98. The van der Waals surface area contributed by atoms with Crippen LogP contribution in [0.2, 0.25) is 0 Å². The molecule has 0 amide bonds. The van der Waals surface area contributed by atoms with Gasteiger partial charge in [0, 0.05) is 0 Å². The van der Waals surface area contributed by atoms with Crippen molar-refractivity contribution in [3.05, 3.63) is 48.6 Å². The number of benzene rings is 1. The number of aliphatic hydroxyl groups is 2. The van der Waals surface area contributed by atoms with Crippen LogP contribution >= 0.6 is 0 Å². The van der Waals surface area contributed by atoms with Crippen LogP contribution in [-0.2, 0) is 0 Å². The summed E-state index contributed by atoms with van der Waals surface area (Å²) in [5.41, 5.74) is -0.529. The predicted molar refractivity (Wildman–Crippen MR) is 56.8 cm³/mol. The van der Waals surface area contributed by atoms with E-state index in [2.05, 4.69) is 6.58 Å². The van der Waals surface area contributed by atoms with Crippen LogP contribution in [-0.4, -0.2) is 15.8 Å². The fourth-order valence-electron chi connectivity index (χ4n) is 1.37. The third kappa shape index (κ3) is 2.03. The summed E-state index contributed by atoms with van der Waals surface area (Å²) in [7, 11) is 0.